The number of aromatic nitrogens is 3. The van der Waals surface area contributed by atoms with E-state index >= 15 is 0 Å². The van der Waals surface area contributed by atoms with Crippen LogP contribution in [0.3, 0.4) is 0 Å². The molecule has 1 N–H and O–H groups in total. The van der Waals surface area contributed by atoms with Crippen LogP contribution in [-0.2, 0) is 0 Å². The Morgan fingerprint density at radius 3 is 3.06 bits per heavy atom. The Morgan fingerprint density at radius 1 is 1.33 bits per heavy atom. The lowest BCUT2D eigenvalue weighted by Gasteiger charge is -2.18. The molecular formula is C13H16N4O. The van der Waals surface area contributed by atoms with Crippen LogP contribution < -0.4 is 5.32 Å². The fraction of sp³-hybridized carbons (Fsp3) is 0.462. The SMILES string of the molecule is Cc1cccc(-c2noc([C@H]3CCCNC3)n2)n1. The van der Waals surface area contributed by atoms with Crippen LogP contribution in [0.4, 0.5) is 0 Å². The van der Waals surface area contributed by atoms with Crippen LogP contribution in [-0.4, -0.2) is 28.2 Å². The Bertz CT molecular complexity index is 531. The van der Waals surface area contributed by atoms with E-state index in [1.807, 2.05) is 25.1 Å². The lowest BCUT2D eigenvalue weighted by atomic mass is 10.00. The molecule has 2 aromatic heterocycles. The van der Waals surface area contributed by atoms with Crippen LogP contribution in [0.15, 0.2) is 22.7 Å². The van der Waals surface area contributed by atoms with E-state index in [-0.39, 0.29) is 0 Å². The van der Waals surface area contributed by atoms with E-state index in [9.17, 15) is 0 Å². The van der Waals surface area contributed by atoms with Crippen LogP contribution in [0.2, 0.25) is 0 Å². The first-order valence-corrected chi connectivity index (χ1v) is 6.31. The van der Waals surface area contributed by atoms with Crippen molar-refractivity contribution >= 4 is 0 Å². The molecule has 0 unspecified atom stereocenters. The van der Waals surface area contributed by atoms with E-state index in [1.165, 1.54) is 0 Å². The predicted molar refractivity (Wildman–Crippen MR) is 67.1 cm³/mol. The third-order valence-corrected chi connectivity index (χ3v) is 3.21. The van der Waals surface area contributed by atoms with Gasteiger partial charge in [0.25, 0.3) is 0 Å². The Labute approximate surface area is 106 Å². The molecule has 94 valence electrons. The number of pyridine rings is 1. The average Bonchev–Trinajstić information content (AvgIpc) is 2.89. The molecule has 0 bridgehead atoms. The molecule has 3 heterocycles. The number of nitrogens with one attached hydrogen (secondary N) is 1. The third kappa shape index (κ3) is 2.26. The Balaban J connectivity index is 1.84. The van der Waals surface area contributed by atoms with Gasteiger partial charge in [0.15, 0.2) is 0 Å². The maximum Gasteiger partial charge on any atom is 0.231 e. The highest BCUT2D eigenvalue weighted by molar-refractivity contribution is 5.48. The van der Waals surface area contributed by atoms with E-state index in [4.69, 9.17) is 4.52 Å². The molecule has 0 saturated carbocycles. The van der Waals surface area contributed by atoms with Crippen molar-refractivity contribution in [1.82, 2.24) is 20.4 Å². The van der Waals surface area contributed by atoms with E-state index in [0.29, 0.717) is 11.7 Å². The summed E-state index contributed by atoms with van der Waals surface area (Å²) >= 11 is 0. The van der Waals surface area contributed by atoms with Crippen molar-refractivity contribution in [2.45, 2.75) is 25.7 Å². The first-order valence-electron chi connectivity index (χ1n) is 6.31. The molecule has 0 spiro atoms. The molecule has 0 aromatic carbocycles. The second-order valence-electron chi connectivity index (χ2n) is 4.66. The number of hydrogen-bond donors (Lipinski definition) is 1. The molecule has 2 aromatic rings. The van der Waals surface area contributed by atoms with E-state index in [2.05, 4.69) is 20.4 Å². The van der Waals surface area contributed by atoms with E-state index in [1.54, 1.807) is 0 Å². The van der Waals surface area contributed by atoms with Crippen molar-refractivity contribution in [3.63, 3.8) is 0 Å². The highest BCUT2D eigenvalue weighted by Gasteiger charge is 2.21. The van der Waals surface area contributed by atoms with E-state index in [0.717, 1.165) is 43.2 Å². The minimum atomic E-state index is 0.338. The molecule has 1 atom stereocenters. The quantitative estimate of drug-likeness (QED) is 0.874. The maximum atomic E-state index is 5.36. The van der Waals surface area contributed by atoms with Crippen molar-refractivity contribution < 1.29 is 4.52 Å². The van der Waals surface area contributed by atoms with Crippen LogP contribution in [0.25, 0.3) is 11.5 Å². The van der Waals surface area contributed by atoms with Crippen molar-refractivity contribution in [2.75, 3.05) is 13.1 Å². The molecule has 0 radical (unpaired) electrons. The van der Waals surface area contributed by atoms with Gasteiger partial charge in [-0.05, 0) is 38.4 Å². The number of rotatable bonds is 2. The Morgan fingerprint density at radius 2 is 2.28 bits per heavy atom. The Kier molecular flexibility index (Phi) is 3.06. The zero-order valence-electron chi connectivity index (χ0n) is 10.4. The van der Waals surface area contributed by atoms with Gasteiger partial charge in [0.2, 0.25) is 11.7 Å². The van der Waals surface area contributed by atoms with Crippen molar-refractivity contribution in [3.05, 3.63) is 29.8 Å². The standard InChI is InChI=1S/C13H16N4O/c1-9-4-2-6-11(15-9)12-16-13(18-17-12)10-5-3-7-14-8-10/h2,4,6,10,14H,3,5,7-8H2,1H3/t10-/m0/s1. The summed E-state index contributed by atoms with van der Waals surface area (Å²) in [6.45, 7) is 3.95. The summed E-state index contributed by atoms with van der Waals surface area (Å²) in [5.41, 5.74) is 1.73. The first kappa shape index (κ1) is 11.3. The first-order chi connectivity index (χ1) is 8.83. The monoisotopic (exact) mass is 244 g/mol. The van der Waals surface area contributed by atoms with Gasteiger partial charge < -0.3 is 9.84 Å². The van der Waals surface area contributed by atoms with Gasteiger partial charge in [-0.25, -0.2) is 4.98 Å². The summed E-state index contributed by atoms with van der Waals surface area (Å²) in [7, 11) is 0. The summed E-state index contributed by atoms with van der Waals surface area (Å²) in [4.78, 5) is 8.87. The fourth-order valence-electron chi connectivity index (χ4n) is 2.24. The summed E-state index contributed by atoms with van der Waals surface area (Å²) in [6.07, 6.45) is 2.26. The molecule has 5 nitrogen and oxygen atoms in total. The molecule has 0 amide bonds. The molecule has 1 saturated heterocycles. The van der Waals surface area contributed by atoms with Gasteiger partial charge in [-0.1, -0.05) is 11.2 Å². The van der Waals surface area contributed by atoms with Gasteiger partial charge in [0.05, 0.1) is 5.92 Å². The fourth-order valence-corrected chi connectivity index (χ4v) is 2.24. The van der Waals surface area contributed by atoms with E-state index < -0.39 is 0 Å². The molecule has 0 aliphatic carbocycles. The van der Waals surface area contributed by atoms with Gasteiger partial charge >= 0.3 is 0 Å². The van der Waals surface area contributed by atoms with Gasteiger partial charge in [0.1, 0.15) is 5.69 Å². The normalized spacial score (nSPS) is 19.9. The van der Waals surface area contributed by atoms with Crippen LogP contribution in [0, 0.1) is 6.92 Å². The zero-order chi connectivity index (χ0) is 12.4. The molecule has 1 fully saturated rings. The van der Waals surface area contributed by atoms with Gasteiger partial charge in [-0.3, -0.25) is 0 Å². The second-order valence-corrected chi connectivity index (χ2v) is 4.66. The lowest BCUT2D eigenvalue weighted by molar-refractivity contribution is 0.322. The zero-order valence-corrected chi connectivity index (χ0v) is 10.4. The molecular weight excluding hydrogens is 228 g/mol. The number of aryl methyl sites for hydroxylation is 1. The Hall–Kier alpha value is -1.75. The molecule has 5 heteroatoms. The van der Waals surface area contributed by atoms with Gasteiger partial charge in [0, 0.05) is 12.2 Å². The lowest BCUT2D eigenvalue weighted by Crippen LogP contribution is -2.28. The molecule has 18 heavy (non-hydrogen) atoms. The molecule has 1 aliphatic heterocycles. The smallest absolute Gasteiger partial charge is 0.231 e. The van der Waals surface area contributed by atoms with Crippen LogP contribution in [0.1, 0.15) is 30.3 Å². The highest BCUT2D eigenvalue weighted by Crippen LogP contribution is 2.23. The largest absolute Gasteiger partial charge is 0.339 e. The summed E-state index contributed by atoms with van der Waals surface area (Å²) in [5.74, 6) is 1.64. The van der Waals surface area contributed by atoms with Crippen molar-refractivity contribution in [1.29, 1.82) is 0 Å². The third-order valence-electron chi connectivity index (χ3n) is 3.21. The van der Waals surface area contributed by atoms with Crippen molar-refractivity contribution in [2.24, 2.45) is 0 Å². The predicted octanol–water partition coefficient (Wildman–Crippen LogP) is 1.91. The molecule has 1 aliphatic rings. The maximum absolute atomic E-state index is 5.36. The second kappa shape index (κ2) is 4.86. The minimum Gasteiger partial charge on any atom is -0.339 e. The van der Waals surface area contributed by atoms with Gasteiger partial charge in [-0.15, -0.1) is 0 Å². The number of piperidine rings is 1. The van der Waals surface area contributed by atoms with Gasteiger partial charge in [-0.2, -0.15) is 4.98 Å². The highest BCUT2D eigenvalue weighted by atomic mass is 16.5. The van der Waals surface area contributed by atoms with Crippen molar-refractivity contribution in [3.8, 4) is 11.5 Å². The number of hydrogen-bond acceptors (Lipinski definition) is 5. The van der Waals surface area contributed by atoms with Crippen LogP contribution >= 0.6 is 0 Å². The summed E-state index contributed by atoms with van der Waals surface area (Å²) in [5, 5.41) is 7.37. The topological polar surface area (TPSA) is 63.8 Å². The number of nitrogens with zero attached hydrogens (tertiary/aromatic N) is 3. The van der Waals surface area contributed by atoms with Crippen LogP contribution in [0.5, 0.6) is 0 Å². The average molecular weight is 244 g/mol. The summed E-state index contributed by atoms with van der Waals surface area (Å²) in [6, 6.07) is 5.81. The molecule has 3 rings (SSSR count). The summed E-state index contributed by atoms with van der Waals surface area (Å²) < 4.78 is 5.36. The minimum absolute atomic E-state index is 0.338.